The molecular formula is C19H22N4O5S. The van der Waals surface area contributed by atoms with Crippen molar-refractivity contribution in [2.24, 2.45) is 5.92 Å². The molecule has 2 aliphatic heterocycles. The lowest BCUT2D eigenvalue weighted by Gasteiger charge is -2.22. The van der Waals surface area contributed by atoms with Crippen molar-refractivity contribution >= 4 is 15.9 Å². The van der Waals surface area contributed by atoms with Gasteiger partial charge in [0.2, 0.25) is 15.9 Å². The molecule has 0 saturated carbocycles. The third kappa shape index (κ3) is 3.42. The zero-order chi connectivity index (χ0) is 20.8. The Morgan fingerprint density at radius 3 is 2.52 bits per heavy atom. The Labute approximate surface area is 169 Å². The second kappa shape index (κ2) is 7.27. The molecule has 154 valence electrons. The minimum atomic E-state index is -3.69. The Kier molecular flexibility index (Phi) is 4.91. The van der Waals surface area contributed by atoms with Crippen LogP contribution in [0.1, 0.15) is 5.82 Å². The first-order valence-electron chi connectivity index (χ1n) is 9.18. The number of aromatic nitrogens is 2. The monoisotopic (exact) mass is 418 g/mol. The first-order valence-corrected chi connectivity index (χ1v) is 10.6. The van der Waals surface area contributed by atoms with E-state index in [-0.39, 0.29) is 35.9 Å². The van der Waals surface area contributed by atoms with E-state index in [4.69, 9.17) is 9.47 Å². The van der Waals surface area contributed by atoms with Gasteiger partial charge in [0.25, 0.3) is 5.91 Å². The van der Waals surface area contributed by atoms with Crippen molar-refractivity contribution in [1.29, 1.82) is 0 Å². The van der Waals surface area contributed by atoms with Crippen LogP contribution in [-0.4, -0.2) is 72.9 Å². The highest BCUT2D eigenvalue weighted by Gasteiger charge is 2.54. The van der Waals surface area contributed by atoms with Crippen molar-refractivity contribution in [1.82, 2.24) is 19.2 Å². The summed E-state index contributed by atoms with van der Waals surface area (Å²) < 4.78 is 38.5. The number of rotatable bonds is 5. The van der Waals surface area contributed by atoms with Crippen LogP contribution >= 0.6 is 0 Å². The van der Waals surface area contributed by atoms with E-state index < -0.39 is 16.1 Å². The lowest BCUT2D eigenvalue weighted by molar-refractivity contribution is -0.133. The highest BCUT2D eigenvalue weighted by Crippen LogP contribution is 2.36. The Morgan fingerprint density at radius 2 is 1.86 bits per heavy atom. The van der Waals surface area contributed by atoms with Gasteiger partial charge in [-0.2, -0.15) is 9.29 Å². The summed E-state index contributed by atoms with van der Waals surface area (Å²) in [4.78, 5) is 22.7. The summed E-state index contributed by atoms with van der Waals surface area (Å²) in [6.07, 6.45) is 0.781. The fourth-order valence-electron chi connectivity index (χ4n) is 3.89. The van der Waals surface area contributed by atoms with Gasteiger partial charge in [0, 0.05) is 38.3 Å². The highest BCUT2D eigenvalue weighted by atomic mass is 32.2. The quantitative estimate of drug-likeness (QED) is 0.704. The van der Waals surface area contributed by atoms with Gasteiger partial charge in [0.05, 0.1) is 18.0 Å². The smallest absolute Gasteiger partial charge is 0.264 e. The second-order valence-electron chi connectivity index (χ2n) is 7.16. The van der Waals surface area contributed by atoms with Crippen LogP contribution in [0, 0.1) is 12.8 Å². The maximum atomic E-state index is 13.1. The van der Waals surface area contributed by atoms with Crippen LogP contribution in [0.15, 0.2) is 41.4 Å². The van der Waals surface area contributed by atoms with E-state index in [1.807, 2.05) is 0 Å². The van der Waals surface area contributed by atoms with Gasteiger partial charge in [-0.25, -0.2) is 13.4 Å². The van der Waals surface area contributed by atoms with E-state index in [0.29, 0.717) is 17.5 Å². The van der Waals surface area contributed by atoms with Gasteiger partial charge in [0.1, 0.15) is 11.6 Å². The van der Waals surface area contributed by atoms with E-state index in [1.54, 1.807) is 43.3 Å². The van der Waals surface area contributed by atoms with Crippen LogP contribution in [0.3, 0.4) is 0 Å². The molecule has 0 aliphatic carbocycles. The Morgan fingerprint density at radius 1 is 1.14 bits per heavy atom. The molecule has 3 heterocycles. The molecule has 9 nitrogen and oxygen atoms in total. The van der Waals surface area contributed by atoms with E-state index in [0.717, 1.165) is 0 Å². The van der Waals surface area contributed by atoms with Crippen molar-refractivity contribution in [3.63, 3.8) is 0 Å². The summed E-state index contributed by atoms with van der Waals surface area (Å²) in [6, 6.07) is 7.62. The molecule has 2 saturated heterocycles. The fraction of sp³-hybridized carbons (Fsp3) is 0.421. The molecule has 3 atom stereocenters. The Balaban J connectivity index is 1.56. The summed E-state index contributed by atoms with van der Waals surface area (Å²) in [6.45, 7) is 2.16. The van der Waals surface area contributed by atoms with Crippen LogP contribution in [0.4, 0.5) is 0 Å². The molecular weight excluding hydrogens is 396 g/mol. The number of methoxy groups -OCH3 is 1. The SMILES string of the molecule is COc1ccc(S(=O)(=O)N2C[C@@H]3[C@H](Oc4ccnc(C)n4)C(=O)N(C)[C@@H]3C2)cc1. The second-order valence-corrected chi connectivity index (χ2v) is 9.10. The molecule has 29 heavy (non-hydrogen) atoms. The van der Waals surface area contributed by atoms with Crippen LogP contribution in [-0.2, 0) is 14.8 Å². The molecule has 1 aromatic carbocycles. The van der Waals surface area contributed by atoms with Crippen LogP contribution < -0.4 is 9.47 Å². The number of benzene rings is 1. The number of hydrogen-bond donors (Lipinski definition) is 0. The molecule has 0 unspecified atom stereocenters. The maximum absolute atomic E-state index is 13.1. The van der Waals surface area contributed by atoms with Gasteiger partial charge < -0.3 is 14.4 Å². The molecule has 1 aromatic heterocycles. The van der Waals surface area contributed by atoms with Crippen molar-refractivity contribution in [2.45, 2.75) is 24.0 Å². The Hall–Kier alpha value is -2.72. The van der Waals surface area contributed by atoms with Gasteiger partial charge in [0.15, 0.2) is 6.10 Å². The predicted octanol–water partition coefficient (Wildman–Crippen LogP) is 0.702. The molecule has 2 fully saturated rings. The summed E-state index contributed by atoms with van der Waals surface area (Å²) in [5.74, 6) is 0.976. The van der Waals surface area contributed by atoms with E-state index in [2.05, 4.69) is 9.97 Å². The molecule has 0 spiro atoms. The average Bonchev–Trinajstić information content (AvgIpc) is 3.24. The molecule has 0 radical (unpaired) electrons. The zero-order valence-corrected chi connectivity index (χ0v) is 17.2. The number of carbonyl (C=O) groups is 1. The number of likely N-dealkylation sites (N-methyl/N-ethyl adjacent to an activating group) is 1. The van der Waals surface area contributed by atoms with E-state index in [9.17, 15) is 13.2 Å². The number of carbonyl (C=O) groups excluding carboxylic acids is 1. The van der Waals surface area contributed by atoms with Crippen molar-refractivity contribution < 1.29 is 22.7 Å². The first kappa shape index (κ1) is 19.6. The summed E-state index contributed by atoms with van der Waals surface area (Å²) in [5, 5.41) is 0. The van der Waals surface area contributed by atoms with Gasteiger partial charge in [-0.15, -0.1) is 0 Å². The molecule has 4 rings (SSSR count). The standard InChI is InChI=1S/C19H22N4O5S/c1-12-20-9-8-17(21-12)28-18-15-10-23(11-16(15)22(2)19(18)24)29(25,26)14-6-4-13(27-3)5-7-14/h4-9,15-16,18H,10-11H2,1-3H3/t15-,16+,18-/m0/s1. The number of nitrogens with zero attached hydrogens (tertiary/aromatic N) is 4. The number of hydrogen-bond acceptors (Lipinski definition) is 7. The lowest BCUT2D eigenvalue weighted by Crippen LogP contribution is -2.40. The molecule has 2 aliphatic rings. The topological polar surface area (TPSA) is 102 Å². The molecule has 10 heteroatoms. The summed E-state index contributed by atoms with van der Waals surface area (Å²) >= 11 is 0. The van der Waals surface area contributed by atoms with Crippen LogP contribution in [0.25, 0.3) is 0 Å². The number of sulfonamides is 1. The third-order valence-electron chi connectivity index (χ3n) is 5.47. The van der Waals surface area contributed by atoms with Crippen LogP contribution in [0.5, 0.6) is 11.6 Å². The van der Waals surface area contributed by atoms with Crippen LogP contribution in [0.2, 0.25) is 0 Å². The fourth-order valence-corrected chi connectivity index (χ4v) is 5.39. The predicted molar refractivity (Wildman–Crippen MR) is 103 cm³/mol. The molecule has 0 N–H and O–H groups in total. The number of fused-ring (bicyclic) bond motifs is 1. The minimum Gasteiger partial charge on any atom is -0.497 e. The van der Waals surface area contributed by atoms with Gasteiger partial charge in [-0.05, 0) is 31.2 Å². The normalized spacial score (nSPS) is 24.6. The zero-order valence-electron chi connectivity index (χ0n) is 16.3. The van der Waals surface area contributed by atoms with E-state index >= 15 is 0 Å². The highest BCUT2D eigenvalue weighted by molar-refractivity contribution is 7.89. The number of ether oxygens (including phenoxy) is 2. The summed E-state index contributed by atoms with van der Waals surface area (Å²) in [5.41, 5.74) is 0. The number of aryl methyl sites for hydroxylation is 1. The minimum absolute atomic E-state index is 0.169. The van der Waals surface area contributed by atoms with Gasteiger partial charge in [-0.3, -0.25) is 4.79 Å². The van der Waals surface area contributed by atoms with Crippen molar-refractivity contribution in [3.8, 4) is 11.6 Å². The first-order chi connectivity index (χ1) is 13.8. The molecule has 2 aromatic rings. The van der Waals surface area contributed by atoms with Crippen molar-refractivity contribution in [2.75, 3.05) is 27.2 Å². The van der Waals surface area contributed by atoms with Crippen molar-refractivity contribution in [3.05, 3.63) is 42.4 Å². The summed E-state index contributed by atoms with van der Waals surface area (Å²) in [7, 11) is -0.487. The van der Waals surface area contributed by atoms with Gasteiger partial charge >= 0.3 is 0 Å². The van der Waals surface area contributed by atoms with Gasteiger partial charge in [-0.1, -0.05) is 0 Å². The number of likely N-dealkylation sites (tertiary alicyclic amines) is 1. The molecule has 1 amide bonds. The largest absolute Gasteiger partial charge is 0.497 e. The maximum Gasteiger partial charge on any atom is 0.264 e. The molecule has 0 bridgehead atoms. The number of amides is 1. The average molecular weight is 418 g/mol. The third-order valence-corrected chi connectivity index (χ3v) is 7.32. The van der Waals surface area contributed by atoms with E-state index in [1.165, 1.54) is 23.5 Å². The lowest BCUT2D eigenvalue weighted by atomic mass is 10.0. The Bertz CT molecular complexity index is 1030.